The lowest BCUT2D eigenvalue weighted by Crippen LogP contribution is -2.54. The molecule has 2 heterocycles. The maximum absolute atomic E-state index is 13.2. The van der Waals surface area contributed by atoms with Gasteiger partial charge in [-0.3, -0.25) is 14.9 Å². The van der Waals surface area contributed by atoms with E-state index in [2.05, 4.69) is 35.9 Å². The number of nitrogens with zero attached hydrogens (tertiary/aromatic N) is 2. The van der Waals surface area contributed by atoms with E-state index in [1.807, 2.05) is 32.0 Å². The summed E-state index contributed by atoms with van der Waals surface area (Å²) in [4.78, 5) is 39.1. The molecule has 0 bridgehead atoms. The van der Waals surface area contributed by atoms with Crippen molar-refractivity contribution in [2.24, 2.45) is 0 Å². The zero-order valence-corrected chi connectivity index (χ0v) is 19.6. The Balaban J connectivity index is 1.78. The van der Waals surface area contributed by atoms with E-state index in [1.165, 1.54) is 5.56 Å². The number of imide groups is 2. The molecule has 1 fully saturated rings. The van der Waals surface area contributed by atoms with Crippen LogP contribution in [0.4, 0.5) is 10.5 Å². The molecular weight excluding hydrogens is 438 g/mol. The van der Waals surface area contributed by atoms with Gasteiger partial charge in [0.1, 0.15) is 5.57 Å². The molecule has 7 heteroatoms. The molecule has 2 aromatic carbocycles. The molecule has 6 nitrogen and oxygen atoms in total. The molecule has 0 aliphatic carbocycles. The fourth-order valence-corrected chi connectivity index (χ4v) is 4.25. The Bertz CT molecular complexity index is 1300. The summed E-state index contributed by atoms with van der Waals surface area (Å²) in [6.07, 6.45) is 1.55. The summed E-state index contributed by atoms with van der Waals surface area (Å²) in [5.41, 5.74) is 5.08. The fraction of sp³-hybridized carbons (Fsp3) is 0.192. The molecule has 0 atom stereocenters. The van der Waals surface area contributed by atoms with Gasteiger partial charge in [-0.25, -0.2) is 9.69 Å². The van der Waals surface area contributed by atoms with Crippen molar-refractivity contribution >= 4 is 41.2 Å². The van der Waals surface area contributed by atoms with Gasteiger partial charge in [0.25, 0.3) is 11.8 Å². The van der Waals surface area contributed by atoms with Gasteiger partial charge in [0.05, 0.1) is 5.69 Å². The Morgan fingerprint density at radius 2 is 1.64 bits per heavy atom. The van der Waals surface area contributed by atoms with Crippen molar-refractivity contribution in [1.29, 1.82) is 0 Å². The van der Waals surface area contributed by atoms with Gasteiger partial charge in [0.2, 0.25) is 0 Å². The van der Waals surface area contributed by atoms with Crippen LogP contribution in [-0.4, -0.2) is 22.4 Å². The fourth-order valence-electron chi connectivity index (χ4n) is 4.12. The zero-order chi connectivity index (χ0) is 23.9. The Morgan fingerprint density at radius 1 is 0.970 bits per heavy atom. The average molecular weight is 462 g/mol. The van der Waals surface area contributed by atoms with E-state index in [0.29, 0.717) is 16.6 Å². The van der Waals surface area contributed by atoms with Crippen LogP contribution in [0.3, 0.4) is 0 Å². The van der Waals surface area contributed by atoms with Crippen molar-refractivity contribution in [3.63, 3.8) is 0 Å². The van der Waals surface area contributed by atoms with Gasteiger partial charge in [0.15, 0.2) is 0 Å². The summed E-state index contributed by atoms with van der Waals surface area (Å²) in [5.74, 6) is -1.07. The van der Waals surface area contributed by atoms with Crippen LogP contribution >= 0.6 is 11.6 Å². The van der Waals surface area contributed by atoms with Crippen LogP contribution in [0.1, 0.15) is 42.3 Å². The van der Waals surface area contributed by atoms with Gasteiger partial charge in [-0.15, -0.1) is 0 Å². The highest BCUT2D eigenvalue weighted by atomic mass is 35.5. The SMILES string of the molecule is Cc1cc(/C=C2\C(=O)NC(=O)N(c3ccc(Cl)cc3)C2=O)c(C)n1-c1ccccc1C(C)C. The molecule has 168 valence electrons. The quantitative estimate of drug-likeness (QED) is 0.409. The van der Waals surface area contributed by atoms with Gasteiger partial charge >= 0.3 is 6.03 Å². The summed E-state index contributed by atoms with van der Waals surface area (Å²) in [7, 11) is 0. The monoisotopic (exact) mass is 461 g/mol. The van der Waals surface area contributed by atoms with Crippen molar-refractivity contribution in [2.75, 3.05) is 4.90 Å². The number of hydrogen-bond acceptors (Lipinski definition) is 3. The molecule has 1 aromatic heterocycles. The summed E-state index contributed by atoms with van der Waals surface area (Å²) in [5, 5.41) is 2.74. The number of amides is 4. The molecule has 1 aliphatic heterocycles. The van der Waals surface area contributed by atoms with Crippen molar-refractivity contribution < 1.29 is 14.4 Å². The van der Waals surface area contributed by atoms with Crippen molar-refractivity contribution in [3.05, 3.63) is 87.7 Å². The normalized spacial score (nSPS) is 15.5. The van der Waals surface area contributed by atoms with Gasteiger partial charge in [-0.2, -0.15) is 0 Å². The van der Waals surface area contributed by atoms with Crippen LogP contribution in [0, 0.1) is 13.8 Å². The summed E-state index contributed by atoms with van der Waals surface area (Å²) < 4.78 is 2.12. The second-order valence-electron chi connectivity index (χ2n) is 8.31. The number of carbonyl (C=O) groups excluding carboxylic acids is 3. The van der Waals surface area contributed by atoms with Crippen LogP contribution in [0.15, 0.2) is 60.2 Å². The number of urea groups is 1. The highest BCUT2D eigenvalue weighted by molar-refractivity contribution is 6.39. The van der Waals surface area contributed by atoms with Crippen molar-refractivity contribution in [1.82, 2.24) is 9.88 Å². The number of anilines is 1. The molecule has 0 spiro atoms. The van der Waals surface area contributed by atoms with E-state index in [-0.39, 0.29) is 5.57 Å². The molecule has 0 radical (unpaired) electrons. The van der Waals surface area contributed by atoms with E-state index >= 15 is 0 Å². The third kappa shape index (κ3) is 4.10. The third-order valence-corrected chi connectivity index (χ3v) is 6.01. The number of hydrogen-bond donors (Lipinski definition) is 1. The highest BCUT2D eigenvalue weighted by Crippen LogP contribution is 2.30. The molecule has 1 saturated heterocycles. The zero-order valence-electron chi connectivity index (χ0n) is 18.8. The largest absolute Gasteiger partial charge is 0.335 e. The lowest BCUT2D eigenvalue weighted by atomic mass is 10.0. The number of barbiturate groups is 1. The Hall–Kier alpha value is -3.64. The van der Waals surface area contributed by atoms with Crippen LogP contribution in [0.5, 0.6) is 0 Å². The standard InChI is InChI=1S/C26H24ClN3O3/c1-15(2)21-7-5-6-8-23(21)29-16(3)13-18(17(29)4)14-22-24(31)28-26(33)30(25(22)32)20-11-9-19(27)10-12-20/h5-15H,1-4H3,(H,28,31,33)/b22-14+. The lowest BCUT2D eigenvalue weighted by molar-refractivity contribution is -0.122. The first-order valence-electron chi connectivity index (χ1n) is 10.6. The number of halogens is 1. The highest BCUT2D eigenvalue weighted by Gasteiger charge is 2.37. The van der Waals surface area contributed by atoms with Crippen LogP contribution in [0.2, 0.25) is 5.02 Å². The van der Waals surface area contributed by atoms with Crippen molar-refractivity contribution in [2.45, 2.75) is 33.6 Å². The minimum atomic E-state index is -0.791. The van der Waals surface area contributed by atoms with Gasteiger partial charge in [0, 0.05) is 22.1 Å². The number of benzene rings is 2. The smallest absolute Gasteiger partial charge is 0.318 e. The number of carbonyl (C=O) groups is 3. The Morgan fingerprint density at radius 3 is 2.30 bits per heavy atom. The van der Waals surface area contributed by atoms with E-state index in [1.54, 1.807) is 30.3 Å². The average Bonchev–Trinajstić information content (AvgIpc) is 3.05. The molecule has 3 aromatic rings. The van der Waals surface area contributed by atoms with E-state index in [0.717, 1.165) is 27.5 Å². The van der Waals surface area contributed by atoms with Gasteiger partial charge in [-0.1, -0.05) is 43.6 Å². The van der Waals surface area contributed by atoms with Gasteiger partial charge in [-0.05, 0) is 73.4 Å². The molecule has 1 N–H and O–H groups in total. The van der Waals surface area contributed by atoms with Crippen LogP contribution in [0.25, 0.3) is 11.8 Å². The number of aromatic nitrogens is 1. The Kier molecular flexibility index (Phi) is 5.95. The Labute approximate surface area is 197 Å². The molecule has 33 heavy (non-hydrogen) atoms. The predicted molar refractivity (Wildman–Crippen MR) is 130 cm³/mol. The second kappa shape index (κ2) is 8.71. The summed E-state index contributed by atoms with van der Waals surface area (Å²) in [6.45, 7) is 8.22. The first-order chi connectivity index (χ1) is 15.7. The number of para-hydroxylation sites is 1. The second-order valence-corrected chi connectivity index (χ2v) is 8.75. The molecule has 1 aliphatic rings. The summed E-state index contributed by atoms with van der Waals surface area (Å²) in [6, 6.07) is 15.6. The number of nitrogens with one attached hydrogen (secondary N) is 1. The third-order valence-electron chi connectivity index (χ3n) is 5.76. The first kappa shape index (κ1) is 22.6. The van der Waals surface area contributed by atoms with Gasteiger partial charge < -0.3 is 4.57 Å². The molecule has 0 saturated carbocycles. The van der Waals surface area contributed by atoms with E-state index in [9.17, 15) is 14.4 Å². The van der Waals surface area contributed by atoms with Crippen molar-refractivity contribution in [3.8, 4) is 5.69 Å². The molecule has 4 amide bonds. The molecule has 4 rings (SSSR count). The van der Waals surface area contributed by atoms with E-state index < -0.39 is 17.8 Å². The maximum Gasteiger partial charge on any atom is 0.335 e. The predicted octanol–water partition coefficient (Wildman–Crippen LogP) is 5.54. The number of rotatable bonds is 4. The topological polar surface area (TPSA) is 71.4 Å². The summed E-state index contributed by atoms with van der Waals surface area (Å²) >= 11 is 5.93. The minimum absolute atomic E-state index is 0.109. The molecule has 0 unspecified atom stereocenters. The maximum atomic E-state index is 13.2. The van der Waals surface area contributed by atoms with Crippen LogP contribution < -0.4 is 10.2 Å². The van der Waals surface area contributed by atoms with Crippen LogP contribution in [-0.2, 0) is 9.59 Å². The van der Waals surface area contributed by atoms with E-state index in [4.69, 9.17) is 11.6 Å². The lowest BCUT2D eigenvalue weighted by Gasteiger charge is -2.26. The minimum Gasteiger partial charge on any atom is -0.318 e. The molecular formula is C26H24ClN3O3. The first-order valence-corrected chi connectivity index (χ1v) is 11.0. The number of aryl methyl sites for hydroxylation is 1.